The van der Waals surface area contributed by atoms with E-state index in [0.717, 1.165) is 21.1 Å². The van der Waals surface area contributed by atoms with Crippen LogP contribution in [-0.4, -0.2) is 7.11 Å². The predicted octanol–water partition coefficient (Wildman–Crippen LogP) is 3.93. The molecular formula is C12H14OS. The van der Waals surface area contributed by atoms with Crippen molar-refractivity contribution in [3.05, 3.63) is 47.9 Å². The van der Waals surface area contributed by atoms with Crippen molar-refractivity contribution >= 4 is 16.7 Å². The van der Waals surface area contributed by atoms with Crippen molar-refractivity contribution in [3.63, 3.8) is 0 Å². The number of rotatable bonds is 4. The predicted molar refractivity (Wildman–Crippen MR) is 64.4 cm³/mol. The average Bonchev–Trinajstić information content (AvgIpc) is 2.16. The van der Waals surface area contributed by atoms with Crippen LogP contribution in [0, 0.1) is 0 Å². The van der Waals surface area contributed by atoms with E-state index in [4.69, 9.17) is 4.74 Å². The Bertz CT molecular complexity index is 355. The fraction of sp³-hybridized carbons (Fsp3) is 0.167. The monoisotopic (exact) mass is 206 g/mol. The second kappa shape index (κ2) is 4.91. The molecule has 0 bridgehead atoms. The van der Waals surface area contributed by atoms with Gasteiger partial charge in [-0.2, -0.15) is 0 Å². The average molecular weight is 206 g/mol. The number of hydrogen-bond acceptors (Lipinski definition) is 2. The number of ether oxygens (including phenoxy) is 1. The zero-order valence-corrected chi connectivity index (χ0v) is 9.36. The minimum Gasteiger partial charge on any atom is -0.496 e. The summed E-state index contributed by atoms with van der Waals surface area (Å²) in [6.07, 6.45) is 0. The first kappa shape index (κ1) is 10.9. The molecule has 0 atom stereocenters. The first-order chi connectivity index (χ1) is 6.65. The van der Waals surface area contributed by atoms with Crippen LogP contribution in [0.1, 0.15) is 12.5 Å². The Hall–Kier alpha value is -1.15. The SMILES string of the molecule is C=C(C)SC(=C)c1ccccc1OC. The quantitative estimate of drug-likeness (QED) is 0.738. The van der Waals surface area contributed by atoms with Crippen molar-refractivity contribution in [1.82, 2.24) is 0 Å². The van der Waals surface area contributed by atoms with E-state index in [1.165, 1.54) is 0 Å². The number of thioether (sulfide) groups is 1. The number of allylic oxidation sites excluding steroid dienone is 1. The molecule has 14 heavy (non-hydrogen) atoms. The van der Waals surface area contributed by atoms with Crippen LogP contribution in [0.25, 0.3) is 4.91 Å². The van der Waals surface area contributed by atoms with Crippen LogP contribution in [0.4, 0.5) is 0 Å². The van der Waals surface area contributed by atoms with Crippen molar-refractivity contribution in [2.75, 3.05) is 7.11 Å². The maximum absolute atomic E-state index is 5.24. The molecule has 0 aliphatic carbocycles. The summed E-state index contributed by atoms with van der Waals surface area (Å²) in [5.74, 6) is 0.853. The standard InChI is InChI=1S/C12H14OS/c1-9(2)14-10(3)11-7-5-6-8-12(11)13-4/h5-8H,1,3H2,2,4H3. The van der Waals surface area contributed by atoms with Gasteiger partial charge in [-0.15, -0.1) is 0 Å². The van der Waals surface area contributed by atoms with Crippen LogP contribution >= 0.6 is 11.8 Å². The van der Waals surface area contributed by atoms with Crippen LogP contribution in [0.5, 0.6) is 5.75 Å². The highest BCUT2D eigenvalue weighted by atomic mass is 32.2. The molecule has 0 aromatic heterocycles. The molecule has 0 radical (unpaired) electrons. The maximum Gasteiger partial charge on any atom is 0.127 e. The van der Waals surface area contributed by atoms with Gasteiger partial charge in [-0.1, -0.05) is 43.1 Å². The summed E-state index contributed by atoms with van der Waals surface area (Å²) in [5.41, 5.74) is 1.03. The molecule has 0 saturated carbocycles. The molecule has 1 aromatic carbocycles. The van der Waals surface area contributed by atoms with Gasteiger partial charge in [0.05, 0.1) is 7.11 Å². The highest BCUT2D eigenvalue weighted by Crippen LogP contribution is 2.35. The molecule has 2 heteroatoms. The third-order valence-electron chi connectivity index (χ3n) is 1.70. The van der Waals surface area contributed by atoms with E-state index < -0.39 is 0 Å². The Morgan fingerprint density at radius 3 is 2.50 bits per heavy atom. The van der Waals surface area contributed by atoms with Crippen molar-refractivity contribution in [2.24, 2.45) is 0 Å². The molecule has 0 aliphatic heterocycles. The van der Waals surface area contributed by atoms with E-state index in [1.807, 2.05) is 31.2 Å². The first-order valence-corrected chi connectivity index (χ1v) is 5.12. The molecule has 0 heterocycles. The van der Waals surface area contributed by atoms with Crippen LogP contribution in [0.2, 0.25) is 0 Å². The van der Waals surface area contributed by atoms with E-state index in [9.17, 15) is 0 Å². The highest BCUT2D eigenvalue weighted by molar-refractivity contribution is 8.11. The van der Waals surface area contributed by atoms with Crippen molar-refractivity contribution in [1.29, 1.82) is 0 Å². The smallest absolute Gasteiger partial charge is 0.127 e. The van der Waals surface area contributed by atoms with Crippen LogP contribution in [0.15, 0.2) is 42.3 Å². The molecular weight excluding hydrogens is 192 g/mol. The summed E-state index contributed by atoms with van der Waals surface area (Å²) in [5, 5.41) is 0. The van der Waals surface area contributed by atoms with E-state index in [-0.39, 0.29) is 0 Å². The third-order valence-corrected chi connectivity index (χ3v) is 2.52. The van der Waals surface area contributed by atoms with Crippen LogP contribution in [-0.2, 0) is 0 Å². The number of para-hydroxylation sites is 1. The van der Waals surface area contributed by atoms with Gasteiger partial charge < -0.3 is 4.74 Å². The van der Waals surface area contributed by atoms with Gasteiger partial charge in [-0.3, -0.25) is 0 Å². The summed E-state index contributed by atoms with van der Waals surface area (Å²) in [7, 11) is 1.66. The minimum atomic E-state index is 0.853. The molecule has 0 spiro atoms. The van der Waals surface area contributed by atoms with Gasteiger partial charge in [-0.05, 0) is 17.9 Å². The van der Waals surface area contributed by atoms with Gasteiger partial charge in [-0.25, -0.2) is 0 Å². The Morgan fingerprint density at radius 2 is 1.93 bits per heavy atom. The molecule has 74 valence electrons. The molecule has 0 aliphatic rings. The largest absolute Gasteiger partial charge is 0.496 e. The third kappa shape index (κ3) is 2.67. The Kier molecular flexibility index (Phi) is 3.84. The topological polar surface area (TPSA) is 9.23 Å². The van der Waals surface area contributed by atoms with Gasteiger partial charge in [0.25, 0.3) is 0 Å². The highest BCUT2D eigenvalue weighted by Gasteiger charge is 2.05. The van der Waals surface area contributed by atoms with Crippen LogP contribution in [0.3, 0.4) is 0 Å². The lowest BCUT2D eigenvalue weighted by Crippen LogP contribution is -1.88. The van der Waals surface area contributed by atoms with E-state index in [1.54, 1.807) is 18.9 Å². The van der Waals surface area contributed by atoms with E-state index in [0.29, 0.717) is 0 Å². The van der Waals surface area contributed by atoms with Gasteiger partial charge in [0.2, 0.25) is 0 Å². The summed E-state index contributed by atoms with van der Waals surface area (Å²) in [6, 6.07) is 7.85. The van der Waals surface area contributed by atoms with Crippen LogP contribution < -0.4 is 4.74 Å². The minimum absolute atomic E-state index is 0.853. The molecule has 0 unspecified atom stereocenters. The van der Waals surface area contributed by atoms with Gasteiger partial charge in [0.15, 0.2) is 0 Å². The number of methoxy groups -OCH3 is 1. The van der Waals surface area contributed by atoms with Gasteiger partial charge >= 0.3 is 0 Å². The second-order valence-corrected chi connectivity index (χ2v) is 4.32. The molecule has 0 amide bonds. The summed E-state index contributed by atoms with van der Waals surface area (Å²) in [6.45, 7) is 9.80. The maximum atomic E-state index is 5.24. The fourth-order valence-corrected chi connectivity index (χ4v) is 1.84. The molecule has 1 nitrogen and oxygen atoms in total. The van der Waals surface area contributed by atoms with Crippen molar-refractivity contribution < 1.29 is 4.74 Å². The zero-order chi connectivity index (χ0) is 10.6. The summed E-state index contributed by atoms with van der Waals surface area (Å²) < 4.78 is 5.24. The van der Waals surface area contributed by atoms with Crippen molar-refractivity contribution in [2.45, 2.75) is 6.92 Å². The zero-order valence-electron chi connectivity index (χ0n) is 8.54. The molecule has 1 rings (SSSR count). The van der Waals surface area contributed by atoms with Gasteiger partial charge in [0, 0.05) is 10.5 Å². The Morgan fingerprint density at radius 1 is 1.29 bits per heavy atom. The fourth-order valence-electron chi connectivity index (χ4n) is 1.14. The molecule has 0 N–H and O–H groups in total. The van der Waals surface area contributed by atoms with E-state index in [2.05, 4.69) is 13.2 Å². The normalized spacial score (nSPS) is 9.57. The molecule has 1 aromatic rings. The van der Waals surface area contributed by atoms with Gasteiger partial charge in [0.1, 0.15) is 5.75 Å². The van der Waals surface area contributed by atoms with E-state index >= 15 is 0 Å². The van der Waals surface area contributed by atoms with Crippen molar-refractivity contribution in [3.8, 4) is 5.75 Å². The second-order valence-electron chi connectivity index (χ2n) is 2.93. The number of hydrogen-bond donors (Lipinski definition) is 0. The lowest BCUT2D eigenvalue weighted by atomic mass is 10.2. The Balaban J connectivity index is 2.94. The summed E-state index contributed by atoms with van der Waals surface area (Å²) >= 11 is 1.57. The molecule has 0 fully saturated rings. The lowest BCUT2D eigenvalue weighted by molar-refractivity contribution is 0.414. The molecule has 0 saturated heterocycles. The Labute approximate surface area is 89.5 Å². The summed E-state index contributed by atoms with van der Waals surface area (Å²) in [4.78, 5) is 2.00. The number of benzene rings is 1. The first-order valence-electron chi connectivity index (χ1n) is 4.31. The lowest BCUT2D eigenvalue weighted by Gasteiger charge is -2.09.